The number of benzene rings is 1. The summed E-state index contributed by atoms with van der Waals surface area (Å²) >= 11 is 3.50. The zero-order valence-corrected chi connectivity index (χ0v) is 12.7. The van der Waals surface area contributed by atoms with E-state index < -0.39 is 0 Å². The summed E-state index contributed by atoms with van der Waals surface area (Å²) in [5.41, 5.74) is 7.62. The summed E-state index contributed by atoms with van der Waals surface area (Å²) in [4.78, 5) is 2.55. The van der Waals surface area contributed by atoms with E-state index >= 15 is 0 Å². The molecule has 0 bridgehead atoms. The van der Waals surface area contributed by atoms with Gasteiger partial charge in [-0.2, -0.15) is 0 Å². The minimum Gasteiger partial charge on any atom is -0.374 e. The molecule has 2 aliphatic heterocycles. The average molecular weight is 325 g/mol. The maximum Gasteiger partial charge on any atom is 0.0856 e. The lowest BCUT2D eigenvalue weighted by molar-refractivity contribution is -0.0589. The van der Waals surface area contributed by atoms with Crippen LogP contribution in [0.2, 0.25) is 0 Å². The van der Waals surface area contributed by atoms with Crippen LogP contribution in [0, 0.1) is 0 Å². The molecule has 1 aromatic rings. The van der Waals surface area contributed by atoms with Crippen molar-refractivity contribution in [2.75, 3.05) is 19.7 Å². The Balaban J connectivity index is 1.59. The third kappa shape index (κ3) is 3.19. The normalized spacial score (nSPS) is 29.2. The number of fused-ring (bicyclic) bond motifs is 1. The minimum atomic E-state index is 0.0795. The molecule has 2 saturated heterocycles. The Hall–Kier alpha value is -0.420. The van der Waals surface area contributed by atoms with E-state index in [1.807, 2.05) is 6.07 Å². The van der Waals surface area contributed by atoms with E-state index in [0.717, 1.165) is 24.0 Å². The fraction of sp³-hybridized carbons (Fsp3) is 0.600. The topological polar surface area (TPSA) is 38.5 Å². The van der Waals surface area contributed by atoms with Crippen LogP contribution in [0.3, 0.4) is 0 Å². The number of hydrogen-bond acceptors (Lipinski definition) is 3. The number of rotatable bonds is 3. The molecule has 0 radical (unpaired) electrons. The molecule has 0 aliphatic carbocycles. The second-order valence-electron chi connectivity index (χ2n) is 5.66. The lowest BCUT2D eigenvalue weighted by atomic mass is 10.0. The molecule has 2 N–H and O–H groups in total. The first-order valence-electron chi connectivity index (χ1n) is 7.08. The van der Waals surface area contributed by atoms with Crippen LogP contribution in [-0.4, -0.2) is 42.8 Å². The fourth-order valence-electron chi connectivity index (χ4n) is 3.17. The van der Waals surface area contributed by atoms with E-state index in [9.17, 15) is 0 Å². The third-order valence-electron chi connectivity index (χ3n) is 4.25. The van der Waals surface area contributed by atoms with Gasteiger partial charge in [-0.05, 0) is 43.5 Å². The van der Waals surface area contributed by atoms with Gasteiger partial charge in [-0.15, -0.1) is 0 Å². The van der Waals surface area contributed by atoms with Crippen molar-refractivity contribution in [3.63, 3.8) is 0 Å². The van der Waals surface area contributed by atoms with Gasteiger partial charge < -0.3 is 10.5 Å². The highest BCUT2D eigenvalue weighted by Crippen LogP contribution is 2.24. The predicted octanol–water partition coefficient (Wildman–Crippen LogP) is 2.18. The van der Waals surface area contributed by atoms with Crippen LogP contribution < -0.4 is 5.73 Å². The van der Waals surface area contributed by atoms with Crippen LogP contribution >= 0.6 is 15.9 Å². The highest BCUT2D eigenvalue weighted by molar-refractivity contribution is 9.10. The molecule has 1 aromatic carbocycles. The fourth-order valence-corrected chi connectivity index (χ4v) is 3.62. The lowest BCUT2D eigenvalue weighted by Gasteiger charge is -2.37. The SMILES string of the molecule is NC(Cc1cccc(Br)c1)C1CN2CCCC2CO1. The molecule has 2 aliphatic rings. The molecule has 0 spiro atoms. The van der Waals surface area contributed by atoms with Gasteiger partial charge in [-0.3, -0.25) is 4.90 Å². The highest BCUT2D eigenvalue weighted by Gasteiger charge is 2.34. The van der Waals surface area contributed by atoms with Crippen molar-refractivity contribution >= 4 is 15.9 Å². The van der Waals surface area contributed by atoms with Gasteiger partial charge in [-0.1, -0.05) is 28.1 Å². The zero-order chi connectivity index (χ0) is 13.2. The molecule has 3 rings (SSSR count). The molecule has 4 heteroatoms. The molecule has 0 saturated carbocycles. The summed E-state index contributed by atoms with van der Waals surface area (Å²) in [6.45, 7) is 3.07. The minimum absolute atomic E-state index is 0.0795. The molecule has 2 heterocycles. The van der Waals surface area contributed by atoms with Crippen molar-refractivity contribution in [2.24, 2.45) is 5.73 Å². The van der Waals surface area contributed by atoms with Crippen molar-refractivity contribution in [1.82, 2.24) is 4.90 Å². The van der Waals surface area contributed by atoms with Crippen molar-refractivity contribution in [3.8, 4) is 0 Å². The van der Waals surface area contributed by atoms with E-state index in [4.69, 9.17) is 10.5 Å². The quantitative estimate of drug-likeness (QED) is 0.926. The van der Waals surface area contributed by atoms with Gasteiger partial charge >= 0.3 is 0 Å². The van der Waals surface area contributed by atoms with Gasteiger partial charge in [0.15, 0.2) is 0 Å². The van der Waals surface area contributed by atoms with Gasteiger partial charge in [0.1, 0.15) is 0 Å². The van der Waals surface area contributed by atoms with Gasteiger partial charge in [-0.25, -0.2) is 0 Å². The zero-order valence-electron chi connectivity index (χ0n) is 11.1. The molecule has 3 unspecified atom stereocenters. The number of hydrogen-bond donors (Lipinski definition) is 1. The van der Waals surface area contributed by atoms with Gasteiger partial charge in [0.05, 0.1) is 12.7 Å². The molecule has 104 valence electrons. The molecule has 19 heavy (non-hydrogen) atoms. The second-order valence-corrected chi connectivity index (χ2v) is 6.58. The van der Waals surface area contributed by atoms with E-state index in [0.29, 0.717) is 6.04 Å². The highest BCUT2D eigenvalue weighted by atomic mass is 79.9. The number of nitrogens with two attached hydrogens (primary N) is 1. The van der Waals surface area contributed by atoms with Crippen LogP contribution in [-0.2, 0) is 11.2 Å². The number of nitrogens with zero attached hydrogens (tertiary/aromatic N) is 1. The summed E-state index contributed by atoms with van der Waals surface area (Å²) in [7, 11) is 0. The first-order valence-corrected chi connectivity index (χ1v) is 7.87. The Bertz CT molecular complexity index is 440. The molecule has 0 amide bonds. The molecule has 3 atom stereocenters. The number of halogens is 1. The Morgan fingerprint density at radius 3 is 3.21 bits per heavy atom. The van der Waals surface area contributed by atoms with Crippen LogP contribution in [0.1, 0.15) is 18.4 Å². The van der Waals surface area contributed by atoms with E-state index in [-0.39, 0.29) is 12.1 Å². The van der Waals surface area contributed by atoms with Crippen molar-refractivity contribution in [2.45, 2.75) is 37.5 Å². The monoisotopic (exact) mass is 324 g/mol. The molecular weight excluding hydrogens is 304 g/mol. The first kappa shape index (κ1) is 13.6. The van der Waals surface area contributed by atoms with Crippen LogP contribution in [0.15, 0.2) is 28.7 Å². The molecule has 2 fully saturated rings. The van der Waals surface area contributed by atoms with Crippen LogP contribution in [0.4, 0.5) is 0 Å². The number of ether oxygens (including phenoxy) is 1. The van der Waals surface area contributed by atoms with Gasteiger partial charge in [0.25, 0.3) is 0 Å². The largest absolute Gasteiger partial charge is 0.374 e. The predicted molar refractivity (Wildman–Crippen MR) is 80.2 cm³/mol. The summed E-state index contributed by atoms with van der Waals surface area (Å²) in [6, 6.07) is 9.10. The standard InChI is InChI=1S/C15H21BrN2O/c16-12-4-1-3-11(7-12)8-14(17)15-9-18-6-2-5-13(18)10-19-15/h1,3-4,7,13-15H,2,5-6,8-10,17H2. The van der Waals surface area contributed by atoms with E-state index in [1.54, 1.807) is 0 Å². The third-order valence-corrected chi connectivity index (χ3v) is 4.75. The Morgan fingerprint density at radius 2 is 2.37 bits per heavy atom. The Labute approximate surface area is 123 Å². The van der Waals surface area contributed by atoms with E-state index in [1.165, 1.54) is 24.9 Å². The summed E-state index contributed by atoms with van der Waals surface area (Å²) in [5.74, 6) is 0. The van der Waals surface area contributed by atoms with Crippen LogP contribution in [0.5, 0.6) is 0 Å². The van der Waals surface area contributed by atoms with Gasteiger partial charge in [0.2, 0.25) is 0 Å². The van der Waals surface area contributed by atoms with Crippen LogP contribution in [0.25, 0.3) is 0 Å². The Kier molecular flexibility index (Phi) is 4.22. The maximum absolute atomic E-state index is 6.35. The first-order chi connectivity index (χ1) is 9.22. The maximum atomic E-state index is 6.35. The van der Waals surface area contributed by atoms with E-state index in [2.05, 4.69) is 39.0 Å². The smallest absolute Gasteiger partial charge is 0.0856 e. The molecular formula is C15H21BrN2O. The van der Waals surface area contributed by atoms with Crippen molar-refractivity contribution in [3.05, 3.63) is 34.3 Å². The van der Waals surface area contributed by atoms with Crippen molar-refractivity contribution in [1.29, 1.82) is 0 Å². The Morgan fingerprint density at radius 1 is 1.47 bits per heavy atom. The lowest BCUT2D eigenvalue weighted by Crippen LogP contribution is -2.53. The molecule has 0 aromatic heterocycles. The number of morpholine rings is 1. The van der Waals surface area contributed by atoms with Gasteiger partial charge in [0, 0.05) is 23.1 Å². The summed E-state index contributed by atoms with van der Waals surface area (Å²) in [6.07, 6.45) is 3.64. The average Bonchev–Trinajstić information content (AvgIpc) is 2.85. The second kappa shape index (κ2) is 5.92. The summed E-state index contributed by atoms with van der Waals surface area (Å²) < 4.78 is 7.09. The summed E-state index contributed by atoms with van der Waals surface area (Å²) in [5, 5.41) is 0. The molecule has 3 nitrogen and oxygen atoms in total. The van der Waals surface area contributed by atoms with Crippen molar-refractivity contribution < 1.29 is 4.74 Å².